The summed E-state index contributed by atoms with van der Waals surface area (Å²) in [5.74, 6) is -0.474. The topological polar surface area (TPSA) is 66.9 Å². The molecule has 1 heterocycles. The molecule has 0 fully saturated rings. The summed E-state index contributed by atoms with van der Waals surface area (Å²) in [7, 11) is 0. The third-order valence-electron chi connectivity index (χ3n) is 3.58. The molecule has 1 aromatic heterocycles. The summed E-state index contributed by atoms with van der Waals surface area (Å²) in [4.78, 5) is 20.9. The lowest BCUT2D eigenvalue weighted by Gasteiger charge is -2.09. The Kier molecular flexibility index (Phi) is 5.43. The molecule has 26 heavy (non-hydrogen) atoms. The average Bonchev–Trinajstić information content (AvgIpc) is 2.62. The molecule has 0 spiro atoms. The molecule has 2 aromatic carbocycles. The van der Waals surface area contributed by atoms with E-state index in [0.29, 0.717) is 22.2 Å². The van der Waals surface area contributed by atoms with Gasteiger partial charge in [-0.15, -0.1) is 0 Å². The molecule has 0 radical (unpaired) electrons. The van der Waals surface area contributed by atoms with Gasteiger partial charge in [-0.2, -0.15) is 0 Å². The molecule has 3 aromatic rings. The third-order valence-corrected chi connectivity index (χ3v) is 3.84. The Balaban J connectivity index is 1.73. The molecule has 0 saturated heterocycles. The fourth-order valence-electron chi connectivity index (χ4n) is 2.31. The Bertz CT molecular complexity index is 931. The van der Waals surface area contributed by atoms with Crippen molar-refractivity contribution in [1.29, 1.82) is 0 Å². The smallest absolute Gasteiger partial charge is 0.270 e. The van der Waals surface area contributed by atoms with Crippen LogP contribution in [0.2, 0.25) is 5.02 Å². The zero-order valence-corrected chi connectivity index (χ0v) is 14.7. The molecule has 0 atom stereocenters. The van der Waals surface area contributed by atoms with Gasteiger partial charge in [0.2, 0.25) is 5.95 Å². The van der Waals surface area contributed by atoms with Crippen LogP contribution in [-0.2, 0) is 6.54 Å². The van der Waals surface area contributed by atoms with Crippen LogP contribution in [0, 0.1) is 12.7 Å². The van der Waals surface area contributed by atoms with E-state index in [9.17, 15) is 9.18 Å². The molecular weight excluding hydrogens is 355 g/mol. The lowest BCUT2D eigenvalue weighted by atomic mass is 10.2. The predicted octanol–water partition coefficient (Wildman–Crippen LogP) is 4.25. The van der Waals surface area contributed by atoms with Gasteiger partial charge in [0.05, 0.1) is 0 Å². The number of amides is 1. The fourth-order valence-corrected chi connectivity index (χ4v) is 2.44. The standard InChI is InChI=1S/C19H16ClFN4O/c1-12-10-17(18(26)22-11-13-4-2-3-5-16(13)21)25-19(23-12)24-15-8-6-14(20)7-9-15/h2-10H,11H2,1H3,(H,22,26)(H,23,24,25). The normalized spacial score (nSPS) is 10.4. The number of hydrogen-bond donors (Lipinski definition) is 2. The van der Waals surface area contributed by atoms with Gasteiger partial charge in [-0.05, 0) is 43.3 Å². The Morgan fingerprint density at radius 3 is 2.58 bits per heavy atom. The maximum atomic E-state index is 13.6. The first-order valence-corrected chi connectivity index (χ1v) is 8.29. The van der Waals surface area contributed by atoms with Crippen LogP contribution in [0.3, 0.4) is 0 Å². The zero-order valence-electron chi connectivity index (χ0n) is 14.0. The molecule has 0 aliphatic carbocycles. The van der Waals surface area contributed by atoms with E-state index >= 15 is 0 Å². The van der Waals surface area contributed by atoms with Crippen molar-refractivity contribution in [2.24, 2.45) is 0 Å². The quantitative estimate of drug-likeness (QED) is 0.704. The molecule has 3 rings (SSSR count). The molecule has 0 aliphatic heterocycles. The van der Waals surface area contributed by atoms with Crippen molar-refractivity contribution >= 4 is 29.1 Å². The number of aromatic nitrogens is 2. The largest absolute Gasteiger partial charge is 0.347 e. The van der Waals surface area contributed by atoms with Gasteiger partial charge < -0.3 is 10.6 Å². The number of benzene rings is 2. The minimum Gasteiger partial charge on any atom is -0.347 e. The van der Waals surface area contributed by atoms with Crippen molar-refractivity contribution in [3.05, 3.63) is 82.4 Å². The first-order valence-electron chi connectivity index (χ1n) is 7.91. The van der Waals surface area contributed by atoms with E-state index < -0.39 is 5.91 Å². The summed E-state index contributed by atoms with van der Waals surface area (Å²) in [5, 5.41) is 6.32. The van der Waals surface area contributed by atoms with Crippen molar-refractivity contribution in [3.63, 3.8) is 0 Å². The maximum Gasteiger partial charge on any atom is 0.270 e. The summed E-state index contributed by atoms with van der Waals surface area (Å²) in [6, 6.07) is 14.9. The van der Waals surface area contributed by atoms with E-state index in [1.165, 1.54) is 6.07 Å². The minimum atomic E-state index is -0.405. The number of rotatable bonds is 5. The molecule has 132 valence electrons. The first kappa shape index (κ1) is 17.8. The number of carbonyl (C=O) groups excluding carboxylic acids is 1. The SMILES string of the molecule is Cc1cc(C(=O)NCc2ccccc2F)nc(Nc2ccc(Cl)cc2)n1. The molecule has 0 saturated carbocycles. The monoisotopic (exact) mass is 370 g/mol. The first-order chi connectivity index (χ1) is 12.5. The molecule has 2 N–H and O–H groups in total. The minimum absolute atomic E-state index is 0.0779. The van der Waals surface area contributed by atoms with Gasteiger partial charge in [0.25, 0.3) is 5.91 Å². The van der Waals surface area contributed by atoms with Gasteiger partial charge in [0.1, 0.15) is 11.5 Å². The van der Waals surface area contributed by atoms with Crippen molar-refractivity contribution in [2.75, 3.05) is 5.32 Å². The summed E-state index contributed by atoms with van der Waals surface area (Å²) in [6.45, 7) is 1.84. The highest BCUT2D eigenvalue weighted by atomic mass is 35.5. The van der Waals surface area contributed by atoms with E-state index in [1.807, 2.05) is 0 Å². The van der Waals surface area contributed by atoms with Gasteiger partial charge in [-0.3, -0.25) is 4.79 Å². The van der Waals surface area contributed by atoms with Gasteiger partial charge in [-0.1, -0.05) is 29.8 Å². The Labute approximate surface area is 155 Å². The fraction of sp³-hybridized carbons (Fsp3) is 0.105. The second kappa shape index (κ2) is 7.93. The van der Waals surface area contributed by atoms with Crippen molar-refractivity contribution in [2.45, 2.75) is 13.5 Å². The maximum absolute atomic E-state index is 13.6. The predicted molar refractivity (Wildman–Crippen MR) is 99.1 cm³/mol. The highest BCUT2D eigenvalue weighted by molar-refractivity contribution is 6.30. The molecule has 0 bridgehead atoms. The second-order valence-electron chi connectivity index (χ2n) is 5.62. The van der Waals surface area contributed by atoms with Crippen LogP contribution in [0.5, 0.6) is 0 Å². The van der Waals surface area contributed by atoms with Crippen LogP contribution in [0.25, 0.3) is 0 Å². The van der Waals surface area contributed by atoms with E-state index in [4.69, 9.17) is 11.6 Å². The Morgan fingerprint density at radius 2 is 1.85 bits per heavy atom. The number of carbonyl (C=O) groups is 1. The van der Waals surface area contributed by atoms with Crippen LogP contribution in [0.15, 0.2) is 54.6 Å². The van der Waals surface area contributed by atoms with Gasteiger partial charge in [-0.25, -0.2) is 14.4 Å². The summed E-state index contributed by atoms with van der Waals surface area (Å²) in [6.07, 6.45) is 0. The summed E-state index contributed by atoms with van der Waals surface area (Å²) >= 11 is 5.86. The van der Waals surface area contributed by atoms with E-state index in [0.717, 1.165) is 5.69 Å². The molecular formula is C19H16ClFN4O. The number of nitrogens with one attached hydrogen (secondary N) is 2. The lowest BCUT2D eigenvalue weighted by molar-refractivity contribution is 0.0945. The van der Waals surface area contributed by atoms with Gasteiger partial charge >= 0.3 is 0 Å². The molecule has 7 heteroatoms. The third kappa shape index (κ3) is 4.55. The van der Waals surface area contributed by atoms with E-state index in [-0.39, 0.29) is 18.1 Å². The summed E-state index contributed by atoms with van der Waals surface area (Å²) in [5.41, 5.74) is 1.99. The van der Waals surface area contributed by atoms with Crippen molar-refractivity contribution in [3.8, 4) is 0 Å². The number of anilines is 2. The van der Waals surface area contributed by atoms with E-state index in [1.54, 1.807) is 55.5 Å². The molecule has 5 nitrogen and oxygen atoms in total. The number of halogens is 2. The second-order valence-corrected chi connectivity index (χ2v) is 6.06. The average molecular weight is 371 g/mol. The number of nitrogens with zero attached hydrogens (tertiary/aromatic N) is 2. The van der Waals surface area contributed by atoms with Crippen molar-refractivity contribution in [1.82, 2.24) is 15.3 Å². The van der Waals surface area contributed by atoms with Gasteiger partial charge in [0.15, 0.2) is 0 Å². The number of hydrogen-bond acceptors (Lipinski definition) is 4. The molecule has 0 aliphatic rings. The van der Waals surface area contributed by atoms with Crippen molar-refractivity contribution < 1.29 is 9.18 Å². The van der Waals surface area contributed by atoms with Gasteiger partial charge in [0, 0.05) is 28.5 Å². The zero-order chi connectivity index (χ0) is 18.5. The highest BCUT2D eigenvalue weighted by Gasteiger charge is 2.11. The number of aryl methyl sites for hydroxylation is 1. The Morgan fingerprint density at radius 1 is 1.12 bits per heavy atom. The molecule has 1 amide bonds. The van der Waals surface area contributed by atoms with Crippen LogP contribution in [0.4, 0.5) is 16.0 Å². The highest BCUT2D eigenvalue weighted by Crippen LogP contribution is 2.17. The van der Waals surface area contributed by atoms with Crippen LogP contribution < -0.4 is 10.6 Å². The van der Waals surface area contributed by atoms with Crippen LogP contribution in [-0.4, -0.2) is 15.9 Å². The summed E-state index contributed by atoms with van der Waals surface area (Å²) < 4.78 is 13.6. The molecule has 0 unspecified atom stereocenters. The van der Waals surface area contributed by atoms with Crippen LogP contribution >= 0.6 is 11.6 Å². The lowest BCUT2D eigenvalue weighted by Crippen LogP contribution is -2.25. The van der Waals surface area contributed by atoms with E-state index in [2.05, 4.69) is 20.6 Å². The Hall–Kier alpha value is -2.99. The van der Waals surface area contributed by atoms with Crippen LogP contribution in [0.1, 0.15) is 21.7 Å².